The Morgan fingerprint density at radius 2 is 1.21 bits per heavy atom. The van der Waals surface area contributed by atoms with Crippen LogP contribution < -0.4 is 11.1 Å². The SMILES string of the molecule is CCCCc1ccc(Nc2ccc(-c3ccc(N)cc3)cc2)cc1. The van der Waals surface area contributed by atoms with Crippen molar-refractivity contribution in [1.29, 1.82) is 0 Å². The Morgan fingerprint density at radius 1 is 0.708 bits per heavy atom. The molecule has 0 aliphatic rings. The monoisotopic (exact) mass is 316 g/mol. The number of hydrogen-bond acceptors (Lipinski definition) is 2. The van der Waals surface area contributed by atoms with Gasteiger partial charge in [0.05, 0.1) is 0 Å². The first kappa shape index (κ1) is 16.1. The van der Waals surface area contributed by atoms with Gasteiger partial charge in [0.2, 0.25) is 0 Å². The lowest BCUT2D eigenvalue weighted by atomic mass is 10.0. The van der Waals surface area contributed by atoms with E-state index in [1.54, 1.807) is 0 Å². The molecule has 24 heavy (non-hydrogen) atoms. The van der Waals surface area contributed by atoms with Crippen LogP contribution in [0.25, 0.3) is 11.1 Å². The zero-order valence-corrected chi connectivity index (χ0v) is 14.1. The molecule has 0 heterocycles. The number of hydrogen-bond donors (Lipinski definition) is 2. The van der Waals surface area contributed by atoms with E-state index in [1.807, 2.05) is 24.3 Å². The molecule has 0 fully saturated rings. The van der Waals surface area contributed by atoms with Crippen molar-refractivity contribution >= 4 is 17.1 Å². The molecule has 0 aliphatic carbocycles. The van der Waals surface area contributed by atoms with Gasteiger partial charge in [-0.05, 0) is 65.9 Å². The predicted molar refractivity (Wildman–Crippen MR) is 105 cm³/mol. The van der Waals surface area contributed by atoms with Gasteiger partial charge in [0.25, 0.3) is 0 Å². The minimum Gasteiger partial charge on any atom is -0.399 e. The van der Waals surface area contributed by atoms with E-state index in [2.05, 4.69) is 60.8 Å². The molecular formula is C22H24N2. The minimum atomic E-state index is 0.791. The van der Waals surface area contributed by atoms with Crippen molar-refractivity contribution in [3.63, 3.8) is 0 Å². The van der Waals surface area contributed by atoms with Gasteiger partial charge in [0.15, 0.2) is 0 Å². The first-order valence-corrected chi connectivity index (χ1v) is 8.56. The molecule has 0 aliphatic heterocycles. The smallest absolute Gasteiger partial charge is 0.0384 e. The third kappa shape index (κ3) is 4.17. The van der Waals surface area contributed by atoms with Crippen LogP contribution in [0, 0.1) is 0 Å². The van der Waals surface area contributed by atoms with Crippen molar-refractivity contribution < 1.29 is 0 Å². The predicted octanol–water partition coefficient (Wildman–Crippen LogP) is 6.02. The summed E-state index contributed by atoms with van der Waals surface area (Å²) >= 11 is 0. The van der Waals surface area contributed by atoms with Crippen LogP contribution in [-0.2, 0) is 6.42 Å². The number of aryl methyl sites for hydroxylation is 1. The Labute approximate surface area is 144 Å². The second-order valence-corrected chi connectivity index (χ2v) is 6.12. The van der Waals surface area contributed by atoms with Gasteiger partial charge in [0, 0.05) is 17.1 Å². The van der Waals surface area contributed by atoms with Crippen molar-refractivity contribution in [3.05, 3.63) is 78.4 Å². The van der Waals surface area contributed by atoms with Crippen molar-refractivity contribution in [2.45, 2.75) is 26.2 Å². The molecule has 0 aromatic heterocycles. The van der Waals surface area contributed by atoms with Gasteiger partial charge in [0.1, 0.15) is 0 Å². The van der Waals surface area contributed by atoms with Crippen LogP contribution in [0.15, 0.2) is 72.8 Å². The summed E-state index contributed by atoms with van der Waals surface area (Å²) in [4.78, 5) is 0. The van der Waals surface area contributed by atoms with E-state index >= 15 is 0 Å². The molecule has 0 unspecified atom stereocenters. The lowest BCUT2D eigenvalue weighted by molar-refractivity contribution is 0.795. The van der Waals surface area contributed by atoms with E-state index in [0.29, 0.717) is 0 Å². The van der Waals surface area contributed by atoms with Gasteiger partial charge in [-0.2, -0.15) is 0 Å². The van der Waals surface area contributed by atoms with E-state index in [0.717, 1.165) is 23.5 Å². The molecule has 3 aromatic carbocycles. The molecule has 2 heteroatoms. The Kier molecular flexibility index (Phi) is 5.17. The maximum Gasteiger partial charge on any atom is 0.0384 e. The fourth-order valence-corrected chi connectivity index (χ4v) is 2.72. The summed E-state index contributed by atoms with van der Waals surface area (Å²) < 4.78 is 0. The Morgan fingerprint density at radius 3 is 1.75 bits per heavy atom. The molecule has 0 spiro atoms. The molecule has 0 radical (unpaired) electrons. The van der Waals surface area contributed by atoms with E-state index in [-0.39, 0.29) is 0 Å². The summed E-state index contributed by atoms with van der Waals surface area (Å²) in [6, 6.07) is 25.2. The highest BCUT2D eigenvalue weighted by atomic mass is 14.9. The van der Waals surface area contributed by atoms with Crippen molar-refractivity contribution in [1.82, 2.24) is 0 Å². The van der Waals surface area contributed by atoms with E-state index < -0.39 is 0 Å². The zero-order valence-electron chi connectivity index (χ0n) is 14.1. The average molecular weight is 316 g/mol. The second kappa shape index (κ2) is 7.69. The van der Waals surface area contributed by atoms with Crippen LogP contribution in [-0.4, -0.2) is 0 Å². The summed E-state index contributed by atoms with van der Waals surface area (Å²) in [5, 5.41) is 3.46. The van der Waals surface area contributed by atoms with Crippen molar-refractivity contribution in [3.8, 4) is 11.1 Å². The highest BCUT2D eigenvalue weighted by molar-refractivity contribution is 5.69. The van der Waals surface area contributed by atoms with Gasteiger partial charge in [-0.1, -0.05) is 49.7 Å². The van der Waals surface area contributed by atoms with Crippen LogP contribution in [0.1, 0.15) is 25.3 Å². The van der Waals surface area contributed by atoms with Crippen LogP contribution in [0.5, 0.6) is 0 Å². The highest BCUT2D eigenvalue weighted by Gasteiger charge is 2.00. The lowest BCUT2D eigenvalue weighted by Gasteiger charge is -2.09. The number of nitrogen functional groups attached to an aromatic ring is 1. The number of benzene rings is 3. The summed E-state index contributed by atoms with van der Waals surface area (Å²) in [5.74, 6) is 0. The van der Waals surface area contributed by atoms with Crippen LogP contribution in [0.2, 0.25) is 0 Å². The third-order valence-electron chi connectivity index (χ3n) is 4.19. The summed E-state index contributed by atoms with van der Waals surface area (Å²) in [6.07, 6.45) is 3.65. The fraction of sp³-hybridized carbons (Fsp3) is 0.182. The van der Waals surface area contributed by atoms with Gasteiger partial charge >= 0.3 is 0 Å². The number of unbranched alkanes of at least 4 members (excludes halogenated alkanes) is 1. The first-order valence-electron chi connectivity index (χ1n) is 8.56. The molecule has 0 saturated heterocycles. The number of nitrogens with one attached hydrogen (secondary N) is 1. The lowest BCUT2D eigenvalue weighted by Crippen LogP contribution is -1.91. The molecule has 0 amide bonds. The largest absolute Gasteiger partial charge is 0.399 e. The van der Waals surface area contributed by atoms with E-state index in [9.17, 15) is 0 Å². The van der Waals surface area contributed by atoms with Crippen LogP contribution in [0.3, 0.4) is 0 Å². The molecule has 0 saturated carbocycles. The van der Waals surface area contributed by atoms with Crippen LogP contribution >= 0.6 is 0 Å². The van der Waals surface area contributed by atoms with Crippen molar-refractivity contribution in [2.75, 3.05) is 11.1 Å². The first-order chi connectivity index (χ1) is 11.7. The third-order valence-corrected chi connectivity index (χ3v) is 4.19. The maximum atomic E-state index is 5.74. The Hall–Kier alpha value is -2.74. The minimum absolute atomic E-state index is 0.791. The summed E-state index contributed by atoms with van der Waals surface area (Å²) in [7, 11) is 0. The molecule has 2 nitrogen and oxygen atoms in total. The van der Waals surface area contributed by atoms with Gasteiger partial charge in [-0.3, -0.25) is 0 Å². The molecule has 3 N–H and O–H groups in total. The molecule has 0 atom stereocenters. The van der Waals surface area contributed by atoms with E-state index in [4.69, 9.17) is 5.73 Å². The molecule has 3 aromatic rings. The molecule has 122 valence electrons. The van der Waals surface area contributed by atoms with E-state index in [1.165, 1.54) is 29.5 Å². The standard InChI is InChI=1S/C22H24N2/c1-2-3-4-17-5-13-21(14-6-17)24-22-15-9-19(10-16-22)18-7-11-20(23)12-8-18/h5-16,24H,2-4,23H2,1H3. The topological polar surface area (TPSA) is 38.0 Å². The molecule has 3 rings (SSSR count). The second-order valence-electron chi connectivity index (χ2n) is 6.12. The van der Waals surface area contributed by atoms with Crippen LogP contribution in [0.4, 0.5) is 17.1 Å². The zero-order chi connectivity index (χ0) is 16.8. The normalized spacial score (nSPS) is 10.5. The van der Waals surface area contributed by atoms with Gasteiger partial charge < -0.3 is 11.1 Å². The summed E-state index contributed by atoms with van der Waals surface area (Å²) in [6.45, 7) is 2.23. The van der Waals surface area contributed by atoms with Gasteiger partial charge in [-0.25, -0.2) is 0 Å². The molecular weight excluding hydrogens is 292 g/mol. The highest BCUT2D eigenvalue weighted by Crippen LogP contribution is 2.24. The number of anilines is 3. The van der Waals surface area contributed by atoms with Gasteiger partial charge in [-0.15, -0.1) is 0 Å². The number of nitrogens with two attached hydrogens (primary N) is 1. The Balaban J connectivity index is 1.66. The fourth-order valence-electron chi connectivity index (χ4n) is 2.72. The summed E-state index contributed by atoms with van der Waals surface area (Å²) in [5.41, 5.74) is 12.5. The average Bonchev–Trinajstić information content (AvgIpc) is 2.63. The quantitative estimate of drug-likeness (QED) is 0.545. The maximum absolute atomic E-state index is 5.74. The number of rotatable bonds is 6. The Bertz CT molecular complexity index is 757. The van der Waals surface area contributed by atoms with Crippen molar-refractivity contribution in [2.24, 2.45) is 0 Å². The molecule has 0 bridgehead atoms.